The van der Waals surface area contributed by atoms with E-state index in [1.165, 1.54) is 4.68 Å². The standard InChI is InChI=1S/C9H10ClN3O2/c10-5-7(14)6-12-8-3-1-2-4-9(8)13(15)11-12/h1-4,7,14H,5-6H2. The molecule has 2 aromatic rings. The van der Waals surface area contributed by atoms with Crippen LogP contribution >= 0.6 is 11.6 Å². The lowest BCUT2D eigenvalue weighted by atomic mass is 10.3. The quantitative estimate of drug-likeness (QED) is 0.465. The van der Waals surface area contributed by atoms with Crippen LogP contribution in [0.25, 0.3) is 11.0 Å². The van der Waals surface area contributed by atoms with Crippen molar-refractivity contribution < 1.29 is 9.95 Å². The van der Waals surface area contributed by atoms with Crippen molar-refractivity contribution in [3.63, 3.8) is 0 Å². The average molecular weight is 228 g/mol. The maximum atomic E-state index is 11.3. The van der Waals surface area contributed by atoms with Crippen LogP contribution in [0.1, 0.15) is 0 Å². The summed E-state index contributed by atoms with van der Waals surface area (Å²) in [4.78, 5) is 0.538. The molecule has 0 aliphatic carbocycles. The van der Waals surface area contributed by atoms with E-state index in [4.69, 9.17) is 11.6 Å². The van der Waals surface area contributed by atoms with Crippen molar-refractivity contribution in [2.75, 3.05) is 5.88 Å². The molecule has 80 valence electrons. The maximum absolute atomic E-state index is 11.3. The Balaban J connectivity index is 2.43. The van der Waals surface area contributed by atoms with E-state index >= 15 is 0 Å². The fourth-order valence-corrected chi connectivity index (χ4v) is 1.52. The molecular formula is C9H10ClN3O2. The van der Waals surface area contributed by atoms with Gasteiger partial charge in [0.05, 0.1) is 11.1 Å². The smallest absolute Gasteiger partial charge is 0.202 e. The third-order valence-corrected chi connectivity index (χ3v) is 2.47. The van der Waals surface area contributed by atoms with Crippen LogP contribution in [0.15, 0.2) is 24.3 Å². The molecule has 1 N–H and O–H groups in total. The molecule has 0 saturated carbocycles. The molecule has 0 fully saturated rings. The monoisotopic (exact) mass is 227 g/mol. The van der Waals surface area contributed by atoms with Gasteiger partial charge in [-0.15, -0.1) is 21.1 Å². The predicted molar refractivity (Wildman–Crippen MR) is 55.4 cm³/mol. The number of hydrogen-bond acceptors (Lipinski definition) is 3. The molecule has 0 aliphatic heterocycles. The van der Waals surface area contributed by atoms with Crippen molar-refractivity contribution in [2.45, 2.75) is 12.6 Å². The molecule has 1 aromatic heterocycles. The van der Waals surface area contributed by atoms with E-state index in [9.17, 15) is 10.3 Å². The average Bonchev–Trinajstić information content (AvgIpc) is 2.57. The summed E-state index contributed by atoms with van der Waals surface area (Å²) in [6.07, 6.45) is -0.699. The zero-order chi connectivity index (χ0) is 10.8. The third-order valence-electron chi connectivity index (χ3n) is 2.12. The molecule has 0 bridgehead atoms. The van der Waals surface area contributed by atoms with Crippen LogP contribution in [0.3, 0.4) is 0 Å². The first-order valence-electron chi connectivity index (χ1n) is 4.52. The molecule has 1 aromatic carbocycles. The zero-order valence-electron chi connectivity index (χ0n) is 7.88. The van der Waals surface area contributed by atoms with E-state index in [-0.39, 0.29) is 12.4 Å². The Kier molecular flexibility index (Phi) is 2.75. The van der Waals surface area contributed by atoms with E-state index in [1.807, 2.05) is 6.07 Å². The maximum Gasteiger partial charge on any atom is 0.202 e. The molecule has 5 nitrogen and oxygen atoms in total. The molecule has 1 unspecified atom stereocenters. The highest BCUT2D eigenvalue weighted by Gasteiger charge is 2.16. The van der Waals surface area contributed by atoms with E-state index in [0.717, 1.165) is 0 Å². The second-order valence-electron chi connectivity index (χ2n) is 3.24. The molecular weight excluding hydrogens is 218 g/mol. The highest BCUT2D eigenvalue weighted by atomic mass is 35.5. The summed E-state index contributed by atoms with van der Waals surface area (Å²) in [5, 5.41) is 24.5. The van der Waals surface area contributed by atoms with E-state index < -0.39 is 6.10 Å². The highest BCUT2D eigenvalue weighted by molar-refractivity contribution is 6.18. The number of nitrogens with zero attached hydrogens (tertiary/aromatic N) is 3. The van der Waals surface area contributed by atoms with Gasteiger partial charge in [-0.1, -0.05) is 12.1 Å². The summed E-state index contributed by atoms with van der Waals surface area (Å²) in [6.45, 7) is 0.221. The number of para-hydroxylation sites is 2. The summed E-state index contributed by atoms with van der Waals surface area (Å²) < 4.78 is 1.45. The molecule has 1 heterocycles. The topological polar surface area (TPSA) is 65.0 Å². The van der Waals surface area contributed by atoms with Crippen LogP contribution in [0, 0.1) is 5.21 Å². The normalized spacial score (nSPS) is 13.2. The number of aliphatic hydroxyl groups excluding tert-OH is 1. The first kappa shape index (κ1) is 10.2. The van der Waals surface area contributed by atoms with Gasteiger partial charge < -0.3 is 10.3 Å². The third kappa shape index (κ3) is 1.88. The molecule has 0 radical (unpaired) electrons. The predicted octanol–water partition coefficient (Wildman–Crippen LogP) is 0.269. The number of hydrogen-bond donors (Lipinski definition) is 1. The van der Waals surface area contributed by atoms with Crippen LogP contribution in [-0.4, -0.2) is 27.0 Å². The number of alkyl halides is 1. The van der Waals surface area contributed by atoms with Crippen LogP contribution in [-0.2, 0) is 6.54 Å². The fraction of sp³-hybridized carbons (Fsp3) is 0.333. The molecule has 0 spiro atoms. The molecule has 0 aliphatic rings. The molecule has 6 heteroatoms. The van der Waals surface area contributed by atoms with E-state index in [2.05, 4.69) is 5.21 Å². The summed E-state index contributed by atoms with van der Waals surface area (Å²) in [5.41, 5.74) is 1.18. The Hall–Kier alpha value is -1.33. The Morgan fingerprint density at radius 3 is 3.00 bits per heavy atom. The number of benzene rings is 1. The lowest BCUT2D eigenvalue weighted by Gasteiger charge is -2.00. The first-order chi connectivity index (χ1) is 7.22. The van der Waals surface area contributed by atoms with Crippen LogP contribution < -0.4 is 4.85 Å². The van der Waals surface area contributed by atoms with Gasteiger partial charge in [-0.25, -0.2) is 0 Å². The molecule has 15 heavy (non-hydrogen) atoms. The van der Waals surface area contributed by atoms with Crippen molar-refractivity contribution in [3.8, 4) is 0 Å². The molecule has 0 saturated heterocycles. The lowest BCUT2D eigenvalue weighted by molar-refractivity contribution is -0.646. The van der Waals surface area contributed by atoms with Gasteiger partial charge in [0.25, 0.3) is 0 Å². The van der Waals surface area contributed by atoms with Gasteiger partial charge in [0.1, 0.15) is 12.6 Å². The Morgan fingerprint density at radius 2 is 2.27 bits per heavy atom. The second kappa shape index (κ2) is 4.04. The number of aliphatic hydroxyl groups is 1. The Morgan fingerprint density at radius 1 is 1.53 bits per heavy atom. The number of rotatable bonds is 3. The SMILES string of the molecule is [O-][n+]1nn(CC(O)CCl)c2ccccc21. The van der Waals surface area contributed by atoms with Crippen LogP contribution in [0.4, 0.5) is 0 Å². The minimum Gasteiger partial charge on any atom is -0.691 e. The van der Waals surface area contributed by atoms with Crippen LogP contribution in [0.2, 0.25) is 0 Å². The Bertz CT molecular complexity index is 471. The van der Waals surface area contributed by atoms with Gasteiger partial charge in [0.2, 0.25) is 5.52 Å². The fourth-order valence-electron chi connectivity index (χ4n) is 1.42. The van der Waals surface area contributed by atoms with Gasteiger partial charge in [-0.3, -0.25) is 0 Å². The number of halogens is 1. The van der Waals surface area contributed by atoms with Gasteiger partial charge in [0.15, 0.2) is 5.52 Å². The second-order valence-corrected chi connectivity index (χ2v) is 3.55. The van der Waals surface area contributed by atoms with Gasteiger partial charge in [0, 0.05) is 0 Å². The van der Waals surface area contributed by atoms with Crippen molar-refractivity contribution >= 4 is 22.6 Å². The highest BCUT2D eigenvalue weighted by Crippen LogP contribution is 2.08. The minimum atomic E-state index is -0.699. The summed E-state index contributed by atoms with van der Waals surface area (Å²) in [5.74, 6) is 0.118. The number of fused-ring (bicyclic) bond motifs is 1. The first-order valence-corrected chi connectivity index (χ1v) is 5.05. The van der Waals surface area contributed by atoms with Gasteiger partial charge in [-0.05, 0) is 12.1 Å². The number of aromatic nitrogens is 3. The lowest BCUT2D eigenvalue weighted by Crippen LogP contribution is -2.30. The molecule has 0 amide bonds. The van der Waals surface area contributed by atoms with Gasteiger partial charge >= 0.3 is 0 Å². The zero-order valence-corrected chi connectivity index (χ0v) is 8.63. The van der Waals surface area contributed by atoms with Crippen molar-refractivity contribution in [1.29, 1.82) is 0 Å². The molecule has 2 rings (SSSR count). The largest absolute Gasteiger partial charge is 0.691 e. The van der Waals surface area contributed by atoms with Crippen molar-refractivity contribution in [2.24, 2.45) is 0 Å². The van der Waals surface area contributed by atoms with Crippen molar-refractivity contribution in [1.82, 2.24) is 9.90 Å². The minimum absolute atomic E-state index is 0.118. The summed E-state index contributed by atoms with van der Waals surface area (Å²) in [6, 6.07) is 7.03. The van der Waals surface area contributed by atoms with E-state index in [1.54, 1.807) is 18.2 Å². The molecule has 1 atom stereocenters. The summed E-state index contributed by atoms with van der Waals surface area (Å²) in [7, 11) is 0. The van der Waals surface area contributed by atoms with Crippen LogP contribution in [0.5, 0.6) is 0 Å². The van der Waals surface area contributed by atoms with Crippen molar-refractivity contribution in [3.05, 3.63) is 29.5 Å². The van der Waals surface area contributed by atoms with E-state index in [0.29, 0.717) is 15.9 Å². The summed E-state index contributed by atoms with van der Waals surface area (Å²) >= 11 is 5.48. The Labute approximate surface area is 91.1 Å². The van der Waals surface area contributed by atoms with Gasteiger partial charge in [-0.2, -0.15) is 0 Å².